The third-order valence-corrected chi connectivity index (χ3v) is 6.74. The van der Waals surface area contributed by atoms with Gasteiger partial charge in [-0.25, -0.2) is 13.1 Å². The van der Waals surface area contributed by atoms with Crippen LogP contribution < -0.4 is 9.62 Å². The van der Waals surface area contributed by atoms with Crippen LogP contribution in [0.25, 0.3) is 0 Å². The molecule has 0 saturated carbocycles. The Bertz CT molecular complexity index is 1170. The Kier molecular flexibility index (Phi) is 4.87. The minimum absolute atomic E-state index is 0.0854. The summed E-state index contributed by atoms with van der Waals surface area (Å²) in [5.41, 5.74) is 1.98. The summed E-state index contributed by atoms with van der Waals surface area (Å²) < 4.78 is 29.5. The van der Waals surface area contributed by atoms with E-state index in [-0.39, 0.29) is 22.4 Å². The molecule has 1 aliphatic rings. The van der Waals surface area contributed by atoms with Gasteiger partial charge in [0.05, 0.1) is 16.8 Å². The zero-order chi connectivity index (χ0) is 20.6. The highest BCUT2D eigenvalue weighted by atomic mass is 32.2. The van der Waals surface area contributed by atoms with Gasteiger partial charge in [-0.3, -0.25) is 9.10 Å². The zero-order valence-electron chi connectivity index (χ0n) is 16.2. The second-order valence-corrected chi connectivity index (χ2v) is 9.05. The molecule has 2 heterocycles. The lowest BCUT2D eigenvalue weighted by Crippen LogP contribution is -2.29. The fourth-order valence-corrected chi connectivity index (χ4v) is 5.05. The largest absolute Gasteiger partial charge is 0.307 e. The molecular weight excluding hydrogens is 388 g/mol. The van der Waals surface area contributed by atoms with Gasteiger partial charge in [-0.1, -0.05) is 24.3 Å². The van der Waals surface area contributed by atoms with Gasteiger partial charge in [-0.05, 0) is 50.1 Å². The summed E-state index contributed by atoms with van der Waals surface area (Å²) in [5.74, 6) is 0.179. The van der Waals surface area contributed by atoms with Crippen LogP contribution in [-0.4, -0.2) is 30.7 Å². The fourth-order valence-electron chi connectivity index (χ4n) is 3.50. The SMILES string of the molecule is CC(C)n1nccc1NC(=O)c1cccc(S(=O)(=O)N2CCc3ccccc32)c1. The van der Waals surface area contributed by atoms with Gasteiger partial charge in [0.2, 0.25) is 0 Å². The van der Waals surface area contributed by atoms with Crippen molar-refractivity contribution in [3.8, 4) is 0 Å². The van der Waals surface area contributed by atoms with Gasteiger partial charge >= 0.3 is 0 Å². The zero-order valence-corrected chi connectivity index (χ0v) is 17.1. The first kappa shape index (κ1) is 19.2. The molecule has 0 fully saturated rings. The highest BCUT2D eigenvalue weighted by molar-refractivity contribution is 7.92. The van der Waals surface area contributed by atoms with Crippen molar-refractivity contribution in [2.24, 2.45) is 0 Å². The fraction of sp³-hybridized carbons (Fsp3) is 0.238. The maximum atomic E-state index is 13.2. The van der Waals surface area contributed by atoms with Crippen LogP contribution in [0.2, 0.25) is 0 Å². The van der Waals surface area contributed by atoms with Crippen LogP contribution in [0.1, 0.15) is 35.8 Å². The third kappa shape index (κ3) is 3.51. The van der Waals surface area contributed by atoms with E-state index >= 15 is 0 Å². The second kappa shape index (κ2) is 7.36. The van der Waals surface area contributed by atoms with E-state index in [1.165, 1.54) is 16.4 Å². The summed E-state index contributed by atoms with van der Waals surface area (Å²) >= 11 is 0. The number of fused-ring (bicyclic) bond motifs is 1. The Morgan fingerprint density at radius 2 is 1.90 bits per heavy atom. The summed E-state index contributed by atoms with van der Waals surface area (Å²) in [6, 6.07) is 15.4. The van der Waals surface area contributed by atoms with E-state index in [0.29, 0.717) is 24.5 Å². The highest BCUT2D eigenvalue weighted by Gasteiger charge is 2.31. The second-order valence-electron chi connectivity index (χ2n) is 7.19. The van der Waals surface area contributed by atoms with Crippen LogP contribution in [-0.2, 0) is 16.4 Å². The molecule has 0 saturated heterocycles. The van der Waals surface area contributed by atoms with Gasteiger partial charge in [-0.2, -0.15) is 5.10 Å². The van der Waals surface area contributed by atoms with Crippen molar-refractivity contribution in [2.75, 3.05) is 16.2 Å². The monoisotopic (exact) mass is 410 g/mol. The Morgan fingerprint density at radius 1 is 1.10 bits per heavy atom. The lowest BCUT2D eigenvalue weighted by molar-refractivity contribution is 0.102. The lowest BCUT2D eigenvalue weighted by Gasteiger charge is -2.20. The van der Waals surface area contributed by atoms with Crippen molar-refractivity contribution in [3.05, 3.63) is 71.9 Å². The standard InChI is InChI=1S/C21H22N4O3S/c1-15(2)25-20(10-12-22-25)23-21(26)17-7-5-8-18(14-17)29(27,28)24-13-11-16-6-3-4-9-19(16)24/h3-10,12,14-15H,11,13H2,1-2H3,(H,23,26). The minimum Gasteiger partial charge on any atom is -0.307 e. The number of nitrogens with zero attached hydrogens (tertiary/aromatic N) is 3. The predicted molar refractivity (Wildman–Crippen MR) is 112 cm³/mol. The number of benzene rings is 2. The highest BCUT2D eigenvalue weighted by Crippen LogP contribution is 2.32. The van der Waals surface area contributed by atoms with E-state index in [4.69, 9.17) is 0 Å². The number of nitrogens with one attached hydrogen (secondary N) is 1. The summed E-state index contributed by atoms with van der Waals surface area (Å²) in [7, 11) is -3.76. The molecule has 0 aliphatic carbocycles. The van der Waals surface area contributed by atoms with Gasteiger partial charge < -0.3 is 5.32 Å². The molecular formula is C21H22N4O3S. The molecule has 0 radical (unpaired) electrons. The number of hydrogen-bond donors (Lipinski definition) is 1. The van der Waals surface area contributed by atoms with E-state index in [0.717, 1.165) is 5.56 Å². The van der Waals surface area contributed by atoms with Crippen molar-refractivity contribution in [1.82, 2.24) is 9.78 Å². The number of aromatic nitrogens is 2. The number of rotatable bonds is 5. The summed E-state index contributed by atoms with van der Waals surface area (Å²) in [6.45, 7) is 4.32. The molecule has 1 aliphatic heterocycles. The van der Waals surface area contributed by atoms with Crippen LogP contribution in [0.4, 0.5) is 11.5 Å². The molecule has 1 amide bonds. The van der Waals surface area contributed by atoms with Gasteiger partial charge in [-0.15, -0.1) is 0 Å². The number of carbonyl (C=O) groups excluding carboxylic acids is 1. The number of para-hydroxylation sites is 1. The molecule has 8 heteroatoms. The smallest absolute Gasteiger partial charge is 0.264 e. The molecule has 1 N–H and O–H groups in total. The normalized spacial score (nSPS) is 13.6. The van der Waals surface area contributed by atoms with Crippen LogP contribution >= 0.6 is 0 Å². The molecule has 0 spiro atoms. The lowest BCUT2D eigenvalue weighted by atomic mass is 10.2. The molecule has 1 aromatic heterocycles. The number of hydrogen-bond acceptors (Lipinski definition) is 4. The Hall–Kier alpha value is -3.13. The number of amides is 1. The van der Waals surface area contributed by atoms with Gasteiger partial charge in [0.1, 0.15) is 5.82 Å². The van der Waals surface area contributed by atoms with Crippen molar-refractivity contribution in [1.29, 1.82) is 0 Å². The Labute approximate surface area is 170 Å². The van der Waals surface area contributed by atoms with Gasteiger partial charge in [0.25, 0.3) is 15.9 Å². The first-order chi connectivity index (χ1) is 13.9. The summed E-state index contributed by atoms with van der Waals surface area (Å²) in [6.07, 6.45) is 2.29. The molecule has 7 nitrogen and oxygen atoms in total. The van der Waals surface area contributed by atoms with E-state index in [1.807, 2.05) is 38.1 Å². The quantitative estimate of drug-likeness (QED) is 0.698. The molecule has 29 heavy (non-hydrogen) atoms. The molecule has 4 rings (SSSR count). The average molecular weight is 410 g/mol. The Morgan fingerprint density at radius 3 is 2.69 bits per heavy atom. The number of carbonyl (C=O) groups is 1. The summed E-state index contributed by atoms with van der Waals surface area (Å²) in [5, 5.41) is 7.00. The van der Waals surface area contributed by atoms with Crippen molar-refractivity contribution in [3.63, 3.8) is 0 Å². The molecule has 0 atom stereocenters. The maximum absolute atomic E-state index is 13.2. The average Bonchev–Trinajstić information content (AvgIpc) is 3.35. The first-order valence-electron chi connectivity index (χ1n) is 9.43. The Balaban J connectivity index is 1.62. The first-order valence-corrected chi connectivity index (χ1v) is 10.9. The van der Waals surface area contributed by atoms with E-state index in [2.05, 4.69) is 10.4 Å². The van der Waals surface area contributed by atoms with Crippen LogP contribution in [0, 0.1) is 0 Å². The van der Waals surface area contributed by atoms with Crippen molar-refractivity contribution >= 4 is 27.4 Å². The van der Waals surface area contributed by atoms with E-state index in [9.17, 15) is 13.2 Å². The van der Waals surface area contributed by atoms with Gasteiger partial charge in [0, 0.05) is 24.2 Å². The summed E-state index contributed by atoms with van der Waals surface area (Å²) in [4.78, 5) is 12.8. The van der Waals surface area contributed by atoms with E-state index in [1.54, 1.807) is 29.1 Å². The van der Waals surface area contributed by atoms with Crippen LogP contribution in [0.5, 0.6) is 0 Å². The minimum atomic E-state index is -3.76. The molecule has 0 bridgehead atoms. The third-order valence-electron chi connectivity index (χ3n) is 4.93. The number of sulfonamides is 1. The van der Waals surface area contributed by atoms with Crippen molar-refractivity contribution < 1.29 is 13.2 Å². The van der Waals surface area contributed by atoms with Crippen LogP contribution in [0.15, 0.2) is 65.7 Å². The number of anilines is 2. The van der Waals surface area contributed by atoms with Crippen LogP contribution in [0.3, 0.4) is 0 Å². The predicted octanol–water partition coefficient (Wildman–Crippen LogP) is 3.47. The maximum Gasteiger partial charge on any atom is 0.264 e. The molecule has 2 aromatic carbocycles. The topological polar surface area (TPSA) is 84.3 Å². The molecule has 3 aromatic rings. The molecule has 0 unspecified atom stereocenters. The van der Waals surface area contributed by atoms with Crippen molar-refractivity contribution in [2.45, 2.75) is 31.2 Å². The van der Waals surface area contributed by atoms with E-state index < -0.39 is 10.0 Å². The van der Waals surface area contributed by atoms with Gasteiger partial charge in [0.15, 0.2) is 0 Å². The molecule has 150 valence electrons.